The number of methoxy groups -OCH3 is 1. The van der Waals surface area contributed by atoms with Crippen LogP contribution in [0.2, 0.25) is 0 Å². The van der Waals surface area contributed by atoms with Crippen LogP contribution in [0.1, 0.15) is 20.3 Å². The van der Waals surface area contributed by atoms with Crippen LogP contribution in [-0.2, 0) is 9.47 Å². The van der Waals surface area contributed by atoms with E-state index in [0.717, 1.165) is 13.0 Å². The first-order chi connectivity index (χ1) is 4.19. The third kappa shape index (κ3) is 1.10. The molecule has 1 rings (SSSR count). The highest BCUT2D eigenvalue weighted by atomic mass is 16.6. The summed E-state index contributed by atoms with van der Waals surface area (Å²) in [6.07, 6.45) is 1.27. The van der Waals surface area contributed by atoms with Crippen molar-refractivity contribution in [2.75, 3.05) is 13.7 Å². The number of ether oxygens (including phenoxy) is 2. The van der Waals surface area contributed by atoms with Crippen LogP contribution in [0.3, 0.4) is 0 Å². The molecule has 1 aliphatic heterocycles. The molecule has 1 unspecified atom stereocenters. The van der Waals surface area contributed by atoms with Gasteiger partial charge in [0.15, 0.2) is 0 Å². The van der Waals surface area contributed by atoms with Gasteiger partial charge in [-0.05, 0) is 13.8 Å². The van der Waals surface area contributed by atoms with Gasteiger partial charge in [-0.25, -0.2) is 0 Å². The van der Waals surface area contributed by atoms with Crippen LogP contribution in [0.25, 0.3) is 0 Å². The van der Waals surface area contributed by atoms with Gasteiger partial charge in [-0.3, -0.25) is 0 Å². The Hall–Kier alpha value is -0.0800. The van der Waals surface area contributed by atoms with E-state index in [2.05, 4.69) is 13.8 Å². The Morgan fingerprint density at radius 1 is 1.67 bits per heavy atom. The number of rotatable bonds is 1. The highest BCUT2D eigenvalue weighted by Crippen LogP contribution is 2.27. The van der Waals surface area contributed by atoms with Gasteiger partial charge in [-0.2, -0.15) is 0 Å². The molecular formula is C7H14O2. The molecule has 0 aromatic rings. The van der Waals surface area contributed by atoms with E-state index in [-0.39, 0.29) is 11.7 Å². The molecule has 54 valence electrons. The first-order valence-electron chi connectivity index (χ1n) is 3.36. The fraction of sp³-hybridized carbons (Fsp3) is 1.00. The van der Waals surface area contributed by atoms with Gasteiger partial charge in [0.05, 0.1) is 11.7 Å². The monoisotopic (exact) mass is 130 g/mol. The molecule has 0 radical (unpaired) electrons. The fourth-order valence-electron chi connectivity index (χ4n) is 1.09. The van der Waals surface area contributed by atoms with Crippen molar-refractivity contribution in [2.45, 2.75) is 32.0 Å². The minimum atomic E-state index is -0.0278. The lowest BCUT2D eigenvalue weighted by atomic mass is 10.00. The molecule has 0 bridgehead atoms. The van der Waals surface area contributed by atoms with Gasteiger partial charge < -0.3 is 9.47 Å². The molecule has 0 saturated carbocycles. The van der Waals surface area contributed by atoms with Crippen molar-refractivity contribution in [3.05, 3.63) is 0 Å². The van der Waals surface area contributed by atoms with E-state index < -0.39 is 0 Å². The summed E-state index contributed by atoms with van der Waals surface area (Å²) >= 11 is 0. The van der Waals surface area contributed by atoms with Crippen LogP contribution in [0, 0.1) is 0 Å². The van der Waals surface area contributed by atoms with E-state index in [0.29, 0.717) is 0 Å². The van der Waals surface area contributed by atoms with Crippen molar-refractivity contribution < 1.29 is 9.47 Å². The summed E-state index contributed by atoms with van der Waals surface area (Å²) < 4.78 is 10.6. The topological polar surface area (TPSA) is 18.5 Å². The summed E-state index contributed by atoms with van der Waals surface area (Å²) in [7, 11) is 1.74. The second-order valence-electron chi connectivity index (χ2n) is 2.78. The highest BCUT2D eigenvalue weighted by molar-refractivity contribution is 4.86. The van der Waals surface area contributed by atoms with E-state index >= 15 is 0 Å². The third-order valence-corrected chi connectivity index (χ3v) is 2.29. The second kappa shape index (κ2) is 2.27. The maximum absolute atomic E-state index is 5.33. The van der Waals surface area contributed by atoms with Gasteiger partial charge in [0.2, 0.25) is 0 Å². The molecule has 0 spiro atoms. The molecule has 9 heavy (non-hydrogen) atoms. The molecule has 2 nitrogen and oxygen atoms in total. The molecule has 0 amide bonds. The molecule has 0 aromatic carbocycles. The zero-order chi connectivity index (χ0) is 6.91. The van der Waals surface area contributed by atoms with E-state index in [4.69, 9.17) is 9.47 Å². The van der Waals surface area contributed by atoms with E-state index in [9.17, 15) is 0 Å². The maximum atomic E-state index is 5.33. The van der Waals surface area contributed by atoms with Crippen molar-refractivity contribution >= 4 is 0 Å². The lowest BCUT2D eigenvalue weighted by Gasteiger charge is -2.25. The molecule has 0 aromatic heterocycles. The Morgan fingerprint density at radius 2 is 2.33 bits per heavy atom. The molecule has 0 N–H and O–H groups in total. The lowest BCUT2D eigenvalue weighted by molar-refractivity contribution is -0.0462. The van der Waals surface area contributed by atoms with E-state index in [1.807, 2.05) is 0 Å². The SMILES string of the molecule is CO[C@]1(C)CCOC1C. The fourth-order valence-corrected chi connectivity index (χ4v) is 1.09. The summed E-state index contributed by atoms with van der Waals surface area (Å²) in [5, 5.41) is 0. The Kier molecular flexibility index (Phi) is 1.78. The van der Waals surface area contributed by atoms with Gasteiger partial charge in [0.25, 0.3) is 0 Å². The predicted octanol–water partition coefficient (Wildman–Crippen LogP) is 1.20. The smallest absolute Gasteiger partial charge is 0.0930 e. The van der Waals surface area contributed by atoms with Crippen molar-refractivity contribution in [1.82, 2.24) is 0 Å². The van der Waals surface area contributed by atoms with Crippen LogP contribution in [-0.4, -0.2) is 25.4 Å². The van der Waals surface area contributed by atoms with Crippen LogP contribution in [0.4, 0.5) is 0 Å². The maximum Gasteiger partial charge on any atom is 0.0930 e. The van der Waals surface area contributed by atoms with Crippen molar-refractivity contribution in [3.63, 3.8) is 0 Å². The average molecular weight is 130 g/mol. The van der Waals surface area contributed by atoms with Gasteiger partial charge >= 0.3 is 0 Å². The Labute approximate surface area is 56.2 Å². The summed E-state index contributed by atoms with van der Waals surface area (Å²) in [5.74, 6) is 0. The third-order valence-electron chi connectivity index (χ3n) is 2.29. The van der Waals surface area contributed by atoms with Crippen LogP contribution >= 0.6 is 0 Å². The van der Waals surface area contributed by atoms with Gasteiger partial charge in [-0.1, -0.05) is 0 Å². The standard InChI is InChI=1S/C7H14O2/c1-6-7(2,8-3)4-5-9-6/h6H,4-5H2,1-3H3/t6?,7-/m1/s1. The Bertz CT molecular complexity index is 103. The summed E-state index contributed by atoms with van der Waals surface area (Å²) in [5.41, 5.74) is -0.0278. The molecule has 0 aliphatic carbocycles. The zero-order valence-corrected chi connectivity index (χ0v) is 6.31. The highest BCUT2D eigenvalue weighted by Gasteiger charge is 2.36. The largest absolute Gasteiger partial charge is 0.376 e. The summed E-state index contributed by atoms with van der Waals surface area (Å²) in [6.45, 7) is 4.98. The summed E-state index contributed by atoms with van der Waals surface area (Å²) in [6, 6.07) is 0. The molecule has 1 fully saturated rings. The van der Waals surface area contributed by atoms with Crippen molar-refractivity contribution in [3.8, 4) is 0 Å². The quantitative estimate of drug-likeness (QED) is 0.531. The van der Waals surface area contributed by atoms with Crippen LogP contribution < -0.4 is 0 Å². The first kappa shape index (κ1) is 7.03. The molecular weight excluding hydrogens is 116 g/mol. The number of hydrogen-bond donors (Lipinski definition) is 0. The Morgan fingerprint density at radius 3 is 2.56 bits per heavy atom. The summed E-state index contributed by atoms with van der Waals surface area (Å²) in [4.78, 5) is 0. The van der Waals surface area contributed by atoms with Gasteiger partial charge in [0.1, 0.15) is 0 Å². The number of hydrogen-bond acceptors (Lipinski definition) is 2. The minimum Gasteiger partial charge on any atom is -0.376 e. The minimum absolute atomic E-state index is 0.0278. The zero-order valence-electron chi connectivity index (χ0n) is 6.31. The van der Waals surface area contributed by atoms with E-state index in [1.54, 1.807) is 7.11 Å². The van der Waals surface area contributed by atoms with Crippen molar-refractivity contribution in [1.29, 1.82) is 0 Å². The lowest BCUT2D eigenvalue weighted by Crippen LogP contribution is -2.34. The molecule has 2 atom stereocenters. The molecule has 1 saturated heterocycles. The van der Waals surface area contributed by atoms with Gasteiger partial charge in [-0.15, -0.1) is 0 Å². The normalized spacial score (nSPS) is 43.7. The van der Waals surface area contributed by atoms with Crippen LogP contribution in [0.15, 0.2) is 0 Å². The predicted molar refractivity (Wildman–Crippen MR) is 35.4 cm³/mol. The average Bonchev–Trinajstić information content (AvgIpc) is 2.15. The molecule has 1 aliphatic rings. The molecule has 2 heteroatoms. The van der Waals surface area contributed by atoms with Crippen LogP contribution in [0.5, 0.6) is 0 Å². The second-order valence-corrected chi connectivity index (χ2v) is 2.78. The van der Waals surface area contributed by atoms with Gasteiger partial charge in [0, 0.05) is 20.1 Å². The molecule has 1 heterocycles. The van der Waals surface area contributed by atoms with E-state index in [1.165, 1.54) is 0 Å². The van der Waals surface area contributed by atoms with Crippen molar-refractivity contribution in [2.24, 2.45) is 0 Å². The first-order valence-corrected chi connectivity index (χ1v) is 3.36. The Balaban J connectivity index is 2.56.